The first kappa shape index (κ1) is 16.2. The van der Waals surface area contributed by atoms with E-state index >= 15 is 0 Å². The van der Waals surface area contributed by atoms with Gasteiger partial charge in [-0.25, -0.2) is 0 Å². The molecule has 1 aliphatic carbocycles. The molecule has 23 heavy (non-hydrogen) atoms. The van der Waals surface area contributed by atoms with Crippen LogP contribution >= 0.6 is 0 Å². The number of aliphatic hydroxyl groups excluding tert-OH is 1. The average Bonchev–Trinajstić information content (AvgIpc) is 2.59. The van der Waals surface area contributed by atoms with Gasteiger partial charge in [-0.2, -0.15) is 0 Å². The van der Waals surface area contributed by atoms with Crippen molar-refractivity contribution in [2.45, 2.75) is 44.9 Å². The van der Waals surface area contributed by atoms with E-state index < -0.39 is 0 Å². The first-order valence-corrected chi connectivity index (χ1v) is 8.78. The molecule has 0 saturated heterocycles. The molecule has 1 fully saturated rings. The molecule has 2 aromatic carbocycles. The molecule has 0 atom stereocenters. The Morgan fingerprint density at radius 1 is 0.739 bits per heavy atom. The molecule has 0 unspecified atom stereocenters. The minimum atomic E-state index is -0.0667. The molecule has 1 N–H and O–H groups in total. The summed E-state index contributed by atoms with van der Waals surface area (Å²) < 4.78 is 0. The van der Waals surface area contributed by atoms with Crippen molar-refractivity contribution in [3.63, 3.8) is 0 Å². The number of aliphatic hydroxyl groups is 1. The summed E-state index contributed by atoms with van der Waals surface area (Å²) in [5, 5.41) is 9.72. The average molecular weight is 309 g/mol. The lowest BCUT2D eigenvalue weighted by atomic mass is 9.87. The lowest BCUT2D eigenvalue weighted by Gasteiger charge is -2.31. The zero-order valence-corrected chi connectivity index (χ0v) is 13.8. The van der Waals surface area contributed by atoms with Gasteiger partial charge in [-0.3, -0.25) is 4.90 Å². The van der Waals surface area contributed by atoms with Gasteiger partial charge in [0.25, 0.3) is 0 Å². The molecular weight excluding hydrogens is 282 g/mol. The fourth-order valence-corrected chi connectivity index (χ4v) is 3.56. The Hall–Kier alpha value is -1.64. The van der Waals surface area contributed by atoms with E-state index in [0.717, 1.165) is 45.3 Å². The molecule has 1 saturated carbocycles. The molecule has 0 spiro atoms. The molecule has 0 bridgehead atoms. The predicted octanol–water partition coefficient (Wildman–Crippen LogP) is 4.24. The Morgan fingerprint density at radius 3 is 1.70 bits per heavy atom. The Kier molecular flexibility index (Phi) is 5.84. The highest BCUT2D eigenvalue weighted by molar-refractivity contribution is 5.17. The summed E-state index contributed by atoms with van der Waals surface area (Å²) in [6.45, 7) is 3.11. The molecular formula is C21H27NO. The first-order valence-electron chi connectivity index (χ1n) is 8.78. The van der Waals surface area contributed by atoms with Gasteiger partial charge in [-0.15, -0.1) is 0 Å². The van der Waals surface area contributed by atoms with Crippen LogP contribution in [-0.4, -0.2) is 22.7 Å². The molecule has 0 aromatic heterocycles. The monoisotopic (exact) mass is 309 g/mol. The van der Waals surface area contributed by atoms with Crippen LogP contribution in [0.2, 0.25) is 0 Å². The molecule has 0 radical (unpaired) electrons. The topological polar surface area (TPSA) is 23.5 Å². The predicted molar refractivity (Wildman–Crippen MR) is 95.0 cm³/mol. The normalized spacial score (nSPS) is 21.5. The number of rotatable bonds is 6. The third-order valence-electron chi connectivity index (χ3n) is 4.83. The van der Waals surface area contributed by atoms with Crippen molar-refractivity contribution in [2.24, 2.45) is 5.92 Å². The summed E-state index contributed by atoms with van der Waals surface area (Å²) >= 11 is 0. The Bertz CT molecular complexity index is 519. The van der Waals surface area contributed by atoms with Crippen LogP contribution in [0.3, 0.4) is 0 Å². The second-order valence-electron chi connectivity index (χ2n) is 6.82. The van der Waals surface area contributed by atoms with Gasteiger partial charge in [0, 0.05) is 19.6 Å². The van der Waals surface area contributed by atoms with Crippen molar-refractivity contribution in [1.82, 2.24) is 4.90 Å². The molecule has 0 amide bonds. The maximum absolute atomic E-state index is 9.72. The quantitative estimate of drug-likeness (QED) is 0.862. The van der Waals surface area contributed by atoms with Gasteiger partial charge in [0.05, 0.1) is 6.10 Å². The standard InChI is InChI=1S/C21H27NO/c23-21-13-11-20(12-14-21)17-22(15-18-7-3-1-4-8-18)16-19-9-5-2-6-10-19/h1-10,20-21,23H,11-17H2. The van der Waals surface area contributed by atoms with Crippen LogP contribution in [0.15, 0.2) is 60.7 Å². The van der Waals surface area contributed by atoms with E-state index in [1.165, 1.54) is 11.1 Å². The van der Waals surface area contributed by atoms with Gasteiger partial charge < -0.3 is 5.11 Å². The number of benzene rings is 2. The minimum absolute atomic E-state index is 0.0667. The van der Waals surface area contributed by atoms with E-state index in [9.17, 15) is 5.11 Å². The Balaban J connectivity index is 1.65. The summed E-state index contributed by atoms with van der Waals surface area (Å²) in [6.07, 6.45) is 4.18. The van der Waals surface area contributed by atoms with Crippen molar-refractivity contribution in [2.75, 3.05) is 6.54 Å². The highest BCUT2D eigenvalue weighted by Gasteiger charge is 2.21. The third-order valence-corrected chi connectivity index (χ3v) is 4.83. The SMILES string of the molecule is OC1CCC(CN(Cc2ccccc2)Cc2ccccc2)CC1. The fourth-order valence-electron chi connectivity index (χ4n) is 3.56. The van der Waals surface area contributed by atoms with Gasteiger partial charge in [0.1, 0.15) is 0 Å². The first-order chi connectivity index (χ1) is 11.3. The van der Waals surface area contributed by atoms with E-state index in [2.05, 4.69) is 65.6 Å². The second kappa shape index (κ2) is 8.28. The van der Waals surface area contributed by atoms with E-state index in [-0.39, 0.29) is 6.10 Å². The minimum Gasteiger partial charge on any atom is -0.393 e. The van der Waals surface area contributed by atoms with Crippen LogP contribution in [0, 0.1) is 5.92 Å². The molecule has 2 aromatic rings. The summed E-state index contributed by atoms with van der Waals surface area (Å²) in [5.74, 6) is 0.714. The van der Waals surface area contributed by atoms with Crippen LogP contribution in [0.25, 0.3) is 0 Å². The molecule has 1 aliphatic rings. The zero-order chi connectivity index (χ0) is 15.9. The summed E-state index contributed by atoms with van der Waals surface area (Å²) in [6, 6.07) is 21.5. The van der Waals surface area contributed by atoms with Crippen LogP contribution in [-0.2, 0) is 13.1 Å². The Morgan fingerprint density at radius 2 is 1.22 bits per heavy atom. The molecule has 0 heterocycles. The van der Waals surface area contributed by atoms with Gasteiger partial charge >= 0.3 is 0 Å². The van der Waals surface area contributed by atoms with Crippen molar-refractivity contribution in [1.29, 1.82) is 0 Å². The summed E-state index contributed by atoms with van der Waals surface area (Å²) in [7, 11) is 0. The van der Waals surface area contributed by atoms with E-state index in [1.807, 2.05) is 0 Å². The largest absolute Gasteiger partial charge is 0.393 e. The summed E-state index contributed by atoms with van der Waals surface area (Å²) in [5.41, 5.74) is 2.75. The van der Waals surface area contributed by atoms with Crippen molar-refractivity contribution >= 4 is 0 Å². The van der Waals surface area contributed by atoms with E-state index in [4.69, 9.17) is 0 Å². The molecule has 0 aliphatic heterocycles. The van der Waals surface area contributed by atoms with E-state index in [0.29, 0.717) is 5.92 Å². The molecule has 2 nitrogen and oxygen atoms in total. The highest BCUT2D eigenvalue weighted by Crippen LogP contribution is 2.26. The van der Waals surface area contributed by atoms with Crippen molar-refractivity contribution in [3.8, 4) is 0 Å². The smallest absolute Gasteiger partial charge is 0.0540 e. The highest BCUT2D eigenvalue weighted by atomic mass is 16.3. The van der Waals surface area contributed by atoms with Crippen LogP contribution in [0.1, 0.15) is 36.8 Å². The lowest BCUT2D eigenvalue weighted by Crippen LogP contribution is -2.31. The van der Waals surface area contributed by atoms with Crippen molar-refractivity contribution in [3.05, 3.63) is 71.8 Å². The molecule has 3 rings (SSSR count). The van der Waals surface area contributed by atoms with Gasteiger partial charge in [-0.05, 0) is 42.7 Å². The van der Waals surface area contributed by atoms with Crippen molar-refractivity contribution < 1.29 is 5.11 Å². The van der Waals surface area contributed by atoms with E-state index in [1.54, 1.807) is 0 Å². The van der Waals surface area contributed by atoms with Crippen LogP contribution < -0.4 is 0 Å². The second-order valence-corrected chi connectivity index (χ2v) is 6.82. The zero-order valence-electron chi connectivity index (χ0n) is 13.8. The number of hydrogen-bond donors (Lipinski definition) is 1. The number of nitrogens with zero attached hydrogens (tertiary/aromatic N) is 1. The number of hydrogen-bond acceptors (Lipinski definition) is 2. The Labute approximate surface area is 139 Å². The fraction of sp³-hybridized carbons (Fsp3) is 0.429. The molecule has 2 heteroatoms. The van der Waals surface area contributed by atoms with Crippen LogP contribution in [0.5, 0.6) is 0 Å². The lowest BCUT2D eigenvalue weighted by molar-refractivity contribution is 0.0908. The third kappa shape index (κ3) is 5.19. The van der Waals surface area contributed by atoms with Gasteiger partial charge in [0.15, 0.2) is 0 Å². The maximum Gasteiger partial charge on any atom is 0.0540 e. The van der Waals surface area contributed by atoms with Gasteiger partial charge in [-0.1, -0.05) is 60.7 Å². The summed E-state index contributed by atoms with van der Waals surface area (Å²) in [4.78, 5) is 2.56. The van der Waals surface area contributed by atoms with Crippen LogP contribution in [0.4, 0.5) is 0 Å². The molecule has 122 valence electrons. The van der Waals surface area contributed by atoms with Gasteiger partial charge in [0.2, 0.25) is 0 Å². The maximum atomic E-state index is 9.72.